The van der Waals surface area contributed by atoms with Crippen molar-refractivity contribution in [3.8, 4) is 5.75 Å². The number of carbonyl (C=O) groups is 1. The minimum Gasteiger partial charge on any atom is -0.496 e. The molecule has 38 heavy (non-hydrogen) atoms. The predicted molar refractivity (Wildman–Crippen MR) is 157 cm³/mol. The van der Waals surface area contributed by atoms with Crippen LogP contribution >= 0.6 is 11.6 Å². The molecule has 1 unspecified atom stereocenters. The van der Waals surface area contributed by atoms with E-state index in [0.717, 1.165) is 54.3 Å². The van der Waals surface area contributed by atoms with Gasteiger partial charge in [-0.1, -0.05) is 61.8 Å². The molecule has 2 aromatic carbocycles. The van der Waals surface area contributed by atoms with Crippen molar-refractivity contribution in [2.24, 2.45) is 17.0 Å². The molecule has 0 N–H and O–H groups in total. The zero-order chi connectivity index (χ0) is 27.7. The first-order valence-corrected chi connectivity index (χ1v) is 13.9. The van der Waals surface area contributed by atoms with Crippen LogP contribution in [-0.4, -0.2) is 82.0 Å². The van der Waals surface area contributed by atoms with Crippen molar-refractivity contribution < 1.29 is 14.4 Å². The molecule has 0 aromatic heterocycles. The maximum atomic E-state index is 13.3. The molecule has 1 heterocycles. The van der Waals surface area contributed by atoms with Gasteiger partial charge in [-0.15, -0.1) is 0 Å². The van der Waals surface area contributed by atoms with Gasteiger partial charge in [0.25, 0.3) is 0 Å². The normalized spacial score (nSPS) is 15.2. The SMILES string of the molecule is COc1cc(Cl)ccc1CC(C)C(=O)N1CCN(c2ccccc2/C(CC(C)C)=N/OCCN(C)C)CC1. The molecule has 1 saturated heterocycles. The summed E-state index contributed by atoms with van der Waals surface area (Å²) in [4.78, 5) is 25.4. The first-order chi connectivity index (χ1) is 18.2. The van der Waals surface area contributed by atoms with E-state index >= 15 is 0 Å². The van der Waals surface area contributed by atoms with Crippen molar-refractivity contribution in [1.29, 1.82) is 0 Å². The molecule has 1 aliphatic heterocycles. The molecule has 3 rings (SSSR count). The van der Waals surface area contributed by atoms with Gasteiger partial charge in [-0.05, 0) is 56.6 Å². The second-order valence-corrected chi connectivity index (χ2v) is 11.1. The van der Waals surface area contributed by atoms with Gasteiger partial charge in [-0.2, -0.15) is 0 Å². The summed E-state index contributed by atoms with van der Waals surface area (Å²) in [6.45, 7) is 10.7. The fourth-order valence-electron chi connectivity index (χ4n) is 4.71. The predicted octanol–water partition coefficient (Wildman–Crippen LogP) is 5.20. The summed E-state index contributed by atoms with van der Waals surface area (Å²) in [5.74, 6) is 1.21. The zero-order valence-electron chi connectivity index (χ0n) is 23.7. The van der Waals surface area contributed by atoms with Crippen LogP contribution < -0.4 is 9.64 Å². The van der Waals surface area contributed by atoms with Crippen molar-refractivity contribution in [1.82, 2.24) is 9.80 Å². The molecular weight excluding hydrogens is 500 g/mol. The van der Waals surface area contributed by atoms with Crippen molar-refractivity contribution in [2.45, 2.75) is 33.6 Å². The number of ether oxygens (including phenoxy) is 1. The number of amides is 1. The Morgan fingerprint density at radius 3 is 2.45 bits per heavy atom. The largest absolute Gasteiger partial charge is 0.496 e. The first-order valence-electron chi connectivity index (χ1n) is 13.5. The number of carbonyl (C=O) groups excluding carboxylic acids is 1. The van der Waals surface area contributed by atoms with E-state index < -0.39 is 0 Å². The molecule has 1 fully saturated rings. The van der Waals surface area contributed by atoms with E-state index in [2.05, 4.69) is 53.1 Å². The van der Waals surface area contributed by atoms with Crippen LogP contribution in [-0.2, 0) is 16.1 Å². The number of rotatable bonds is 12. The van der Waals surface area contributed by atoms with E-state index in [1.54, 1.807) is 13.2 Å². The van der Waals surface area contributed by atoms with Gasteiger partial charge < -0.3 is 24.3 Å². The van der Waals surface area contributed by atoms with E-state index in [-0.39, 0.29) is 11.8 Å². The highest BCUT2D eigenvalue weighted by atomic mass is 35.5. The molecule has 2 aromatic rings. The molecule has 0 aliphatic carbocycles. The lowest BCUT2D eigenvalue weighted by Crippen LogP contribution is -2.50. The van der Waals surface area contributed by atoms with Crippen molar-refractivity contribution in [3.05, 3.63) is 58.6 Å². The Kier molecular flexibility index (Phi) is 11.3. The monoisotopic (exact) mass is 542 g/mol. The number of anilines is 1. The third-order valence-electron chi connectivity index (χ3n) is 6.75. The second kappa shape index (κ2) is 14.4. The summed E-state index contributed by atoms with van der Waals surface area (Å²) >= 11 is 6.10. The average molecular weight is 543 g/mol. The number of halogens is 1. The fraction of sp³-hybridized carbons (Fsp3) is 0.533. The summed E-state index contributed by atoms with van der Waals surface area (Å²) in [5, 5.41) is 5.20. The van der Waals surface area contributed by atoms with Gasteiger partial charge in [0.15, 0.2) is 0 Å². The van der Waals surface area contributed by atoms with Gasteiger partial charge in [0.2, 0.25) is 5.91 Å². The van der Waals surface area contributed by atoms with Crippen LogP contribution in [0, 0.1) is 11.8 Å². The summed E-state index contributed by atoms with van der Waals surface area (Å²) in [5.41, 5.74) is 4.22. The Bertz CT molecular complexity index is 1080. The van der Waals surface area contributed by atoms with E-state index in [4.69, 9.17) is 21.2 Å². The Morgan fingerprint density at radius 2 is 1.79 bits per heavy atom. The highest BCUT2D eigenvalue weighted by Gasteiger charge is 2.27. The number of hydrogen-bond acceptors (Lipinski definition) is 6. The smallest absolute Gasteiger partial charge is 0.225 e. The van der Waals surface area contributed by atoms with E-state index in [9.17, 15) is 4.79 Å². The average Bonchev–Trinajstić information content (AvgIpc) is 2.90. The highest BCUT2D eigenvalue weighted by molar-refractivity contribution is 6.30. The number of methoxy groups -OCH3 is 1. The Hall–Kier alpha value is -2.77. The van der Waals surface area contributed by atoms with Crippen LogP contribution in [0.1, 0.15) is 38.3 Å². The lowest BCUT2D eigenvalue weighted by Gasteiger charge is -2.38. The summed E-state index contributed by atoms with van der Waals surface area (Å²) in [7, 11) is 5.68. The number of oxime groups is 1. The highest BCUT2D eigenvalue weighted by Crippen LogP contribution is 2.28. The summed E-state index contributed by atoms with van der Waals surface area (Å²) in [6.07, 6.45) is 1.45. The number of piperazine rings is 1. The van der Waals surface area contributed by atoms with Crippen molar-refractivity contribution >= 4 is 28.9 Å². The van der Waals surface area contributed by atoms with Gasteiger partial charge in [0.05, 0.1) is 12.8 Å². The molecule has 0 saturated carbocycles. The van der Waals surface area contributed by atoms with Crippen LogP contribution in [0.25, 0.3) is 0 Å². The van der Waals surface area contributed by atoms with E-state index in [1.807, 2.05) is 38.1 Å². The van der Waals surface area contributed by atoms with Crippen LogP contribution in [0.3, 0.4) is 0 Å². The molecule has 0 bridgehead atoms. The molecule has 208 valence electrons. The minimum atomic E-state index is -0.145. The van der Waals surface area contributed by atoms with E-state index in [1.165, 1.54) is 0 Å². The summed E-state index contributed by atoms with van der Waals surface area (Å²) in [6, 6.07) is 14.0. The Balaban J connectivity index is 1.67. The van der Waals surface area contributed by atoms with Crippen molar-refractivity contribution in [2.75, 3.05) is 65.4 Å². The standard InChI is InChI=1S/C30H43ClN4O3/c1-22(2)19-27(32-38-18-17-33(4)5)26-9-7-8-10-28(26)34-13-15-35(16-14-34)30(36)23(3)20-24-11-12-25(31)21-29(24)37-6/h7-12,21-23H,13-20H2,1-6H3/b32-27+. The topological polar surface area (TPSA) is 57.6 Å². The van der Waals surface area contributed by atoms with Crippen LogP contribution in [0.2, 0.25) is 5.02 Å². The quantitative estimate of drug-likeness (QED) is 0.209. The Morgan fingerprint density at radius 1 is 1.08 bits per heavy atom. The molecule has 1 aliphatic rings. The minimum absolute atomic E-state index is 0.145. The molecule has 1 amide bonds. The third-order valence-corrected chi connectivity index (χ3v) is 6.99. The van der Waals surface area contributed by atoms with E-state index in [0.29, 0.717) is 37.1 Å². The van der Waals surface area contributed by atoms with Gasteiger partial charge >= 0.3 is 0 Å². The number of nitrogens with zero attached hydrogens (tertiary/aromatic N) is 4. The van der Waals surface area contributed by atoms with Crippen LogP contribution in [0.15, 0.2) is 47.6 Å². The zero-order valence-corrected chi connectivity index (χ0v) is 24.5. The molecule has 8 heteroatoms. The van der Waals surface area contributed by atoms with Crippen LogP contribution in [0.5, 0.6) is 5.75 Å². The number of likely N-dealkylation sites (N-methyl/N-ethyl adjacent to an activating group) is 1. The number of benzene rings is 2. The van der Waals surface area contributed by atoms with Gasteiger partial charge in [-0.25, -0.2) is 0 Å². The molecule has 7 nitrogen and oxygen atoms in total. The molecule has 0 spiro atoms. The maximum Gasteiger partial charge on any atom is 0.225 e. The van der Waals surface area contributed by atoms with Gasteiger partial charge in [0.1, 0.15) is 12.4 Å². The first kappa shape index (κ1) is 29.8. The third kappa shape index (κ3) is 8.37. The number of para-hydroxylation sites is 1. The lowest BCUT2D eigenvalue weighted by molar-refractivity contribution is -0.135. The van der Waals surface area contributed by atoms with Crippen LogP contribution in [0.4, 0.5) is 5.69 Å². The van der Waals surface area contributed by atoms with Gasteiger partial charge in [0, 0.05) is 54.9 Å². The fourth-order valence-corrected chi connectivity index (χ4v) is 4.87. The molecule has 1 atom stereocenters. The lowest BCUT2D eigenvalue weighted by atomic mass is 9.97. The molecular formula is C30H43ClN4O3. The summed E-state index contributed by atoms with van der Waals surface area (Å²) < 4.78 is 5.47. The maximum absolute atomic E-state index is 13.3. The Labute approximate surface area is 233 Å². The second-order valence-electron chi connectivity index (χ2n) is 10.7. The van der Waals surface area contributed by atoms with Crippen molar-refractivity contribution in [3.63, 3.8) is 0 Å². The number of hydrogen-bond donors (Lipinski definition) is 0. The van der Waals surface area contributed by atoms with Gasteiger partial charge in [-0.3, -0.25) is 4.79 Å². The molecule has 0 radical (unpaired) electrons.